The smallest absolute Gasteiger partial charge is 0.416 e. The summed E-state index contributed by atoms with van der Waals surface area (Å²) in [5, 5.41) is 2.87. The van der Waals surface area contributed by atoms with Crippen molar-refractivity contribution in [2.24, 2.45) is 0 Å². The summed E-state index contributed by atoms with van der Waals surface area (Å²) in [6.07, 6.45) is 0.406. The number of allylic oxidation sites excluding steroid dienone is 2. The van der Waals surface area contributed by atoms with Gasteiger partial charge in [-0.25, -0.2) is 18.7 Å². The van der Waals surface area contributed by atoms with E-state index in [0.29, 0.717) is 17.5 Å². The molecule has 1 aliphatic rings. The van der Waals surface area contributed by atoms with Gasteiger partial charge in [-0.1, -0.05) is 13.2 Å². The SMILES string of the molecule is C=C(F)/C=C(\C(=C)C(F)(F)F)C1COc2cnc(Nc3ccc(-n4cnc(C)c4)c(F)c3)nc2N1C. The summed E-state index contributed by atoms with van der Waals surface area (Å²) in [6.45, 7) is 7.68. The van der Waals surface area contributed by atoms with Crippen LogP contribution in [0.3, 0.4) is 0 Å². The molecule has 0 fully saturated rings. The topological polar surface area (TPSA) is 68.1 Å². The minimum atomic E-state index is -4.79. The van der Waals surface area contributed by atoms with Crippen molar-refractivity contribution in [3.05, 3.63) is 84.6 Å². The number of benzene rings is 1. The van der Waals surface area contributed by atoms with Gasteiger partial charge in [-0.15, -0.1) is 0 Å². The van der Waals surface area contributed by atoms with Crippen LogP contribution in [0.25, 0.3) is 5.69 Å². The van der Waals surface area contributed by atoms with Crippen LogP contribution in [0.1, 0.15) is 5.69 Å². The number of nitrogens with zero attached hydrogens (tertiary/aromatic N) is 5. The van der Waals surface area contributed by atoms with Gasteiger partial charge in [0.2, 0.25) is 5.95 Å². The Hall–Kier alpha value is -4.22. The van der Waals surface area contributed by atoms with Gasteiger partial charge < -0.3 is 19.5 Å². The molecule has 1 aromatic carbocycles. The number of rotatable bonds is 6. The Bertz CT molecular complexity index is 1360. The first-order chi connectivity index (χ1) is 16.9. The van der Waals surface area contributed by atoms with Crippen LogP contribution in [-0.4, -0.2) is 45.4 Å². The standard InChI is InChI=1S/C24H21F5N6O/c1-13(25)7-17(15(3)24(27,28)29)20-11-36-21-9-30-23(33-22(21)34(20)4)32-16-5-6-19(18(26)8-16)35-10-14(2)31-12-35/h5-10,12,20H,1,3,11H2,2,4H3,(H,30,32,33)/b17-7+. The molecule has 12 heteroatoms. The van der Waals surface area contributed by atoms with Gasteiger partial charge in [0, 0.05) is 18.9 Å². The zero-order valence-corrected chi connectivity index (χ0v) is 19.3. The molecule has 2 aromatic heterocycles. The summed E-state index contributed by atoms with van der Waals surface area (Å²) in [7, 11) is 1.49. The molecule has 0 radical (unpaired) electrons. The highest BCUT2D eigenvalue weighted by Gasteiger charge is 2.40. The first-order valence-electron chi connectivity index (χ1n) is 10.6. The van der Waals surface area contributed by atoms with Gasteiger partial charge in [-0.2, -0.15) is 18.2 Å². The third-order valence-electron chi connectivity index (χ3n) is 5.49. The average molecular weight is 504 g/mol. The van der Waals surface area contributed by atoms with Crippen LogP contribution >= 0.6 is 0 Å². The molecule has 1 atom stereocenters. The second kappa shape index (κ2) is 9.44. The number of nitrogens with one attached hydrogen (secondary N) is 1. The molecule has 0 bridgehead atoms. The Morgan fingerprint density at radius 2 is 2.00 bits per heavy atom. The van der Waals surface area contributed by atoms with Gasteiger partial charge in [-0.3, -0.25) is 0 Å². The zero-order chi connectivity index (χ0) is 26.2. The number of halogens is 5. The molecule has 0 aliphatic carbocycles. The Kier molecular flexibility index (Phi) is 6.53. The second-order valence-corrected chi connectivity index (χ2v) is 8.06. The second-order valence-electron chi connectivity index (χ2n) is 8.06. The van der Waals surface area contributed by atoms with Crippen LogP contribution in [0.5, 0.6) is 5.75 Å². The van der Waals surface area contributed by atoms with Crippen molar-refractivity contribution < 1.29 is 26.7 Å². The third kappa shape index (κ3) is 5.07. The van der Waals surface area contributed by atoms with E-state index in [1.807, 2.05) is 0 Å². The summed E-state index contributed by atoms with van der Waals surface area (Å²) in [6, 6.07) is 3.35. The van der Waals surface area contributed by atoms with Crippen molar-refractivity contribution >= 4 is 17.5 Å². The molecule has 3 aromatic rings. The normalized spacial score (nSPS) is 15.8. The van der Waals surface area contributed by atoms with E-state index in [-0.39, 0.29) is 24.1 Å². The first-order valence-corrected chi connectivity index (χ1v) is 10.6. The number of likely N-dealkylation sites (N-methyl/N-ethyl adjacent to an activating group) is 1. The molecule has 1 aliphatic heterocycles. The monoisotopic (exact) mass is 504 g/mol. The maximum atomic E-state index is 14.7. The fourth-order valence-corrected chi connectivity index (χ4v) is 3.70. The van der Waals surface area contributed by atoms with Crippen molar-refractivity contribution in [1.82, 2.24) is 19.5 Å². The van der Waals surface area contributed by atoms with Gasteiger partial charge in [0.05, 0.1) is 35.5 Å². The number of aryl methyl sites for hydroxylation is 1. The van der Waals surface area contributed by atoms with Crippen molar-refractivity contribution in [1.29, 1.82) is 0 Å². The maximum Gasteiger partial charge on any atom is 0.416 e. The fraction of sp³-hybridized carbons (Fsp3) is 0.208. The Labute approximate surface area is 203 Å². The molecule has 3 heterocycles. The van der Waals surface area contributed by atoms with Crippen LogP contribution < -0.4 is 15.0 Å². The van der Waals surface area contributed by atoms with Crippen LogP contribution in [0.4, 0.5) is 39.4 Å². The van der Waals surface area contributed by atoms with E-state index in [0.717, 1.165) is 5.69 Å². The van der Waals surface area contributed by atoms with Crippen LogP contribution in [0.2, 0.25) is 0 Å². The first kappa shape index (κ1) is 24.9. The van der Waals surface area contributed by atoms with Crippen molar-refractivity contribution in [2.45, 2.75) is 19.1 Å². The van der Waals surface area contributed by atoms with E-state index < -0.39 is 35.0 Å². The summed E-state index contributed by atoms with van der Waals surface area (Å²) >= 11 is 0. The summed E-state index contributed by atoms with van der Waals surface area (Å²) in [5.41, 5.74) is -0.299. The summed E-state index contributed by atoms with van der Waals surface area (Å²) in [5.74, 6) is -1.17. The van der Waals surface area contributed by atoms with E-state index in [1.54, 1.807) is 29.8 Å². The Balaban J connectivity index is 1.60. The Morgan fingerprint density at radius 3 is 2.61 bits per heavy atom. The van der Waals surface area contributed by atoms with Gasteiger partial charge in [0.25, 0.3) is 0 Å². The quantitative estimate of drug-likeness (QED) is 0.349. The van der Waals surface area contributed by atoms with E-state index in [2.05, 4.69) is 33.4 Å². The van der Waals surface area contributed by atoms with Crippen molar-refractivity contribution in [3.8, 4) is 11.4 Å². The third-order valence-corrected chi connectivity index (χ3v) is 5.49. The fourth-order valence-electron chi connectivity index (χ4n) is 3.70. The minimum absolute atomic E-state index is 0.0468. The van der Waals surface area contributed by atoms with Gasteiger partial charge in [0.1, 0.15) is 18.3 Å². The molecule has 0 amide bonds. The highest BCUT2D eigenvalue weighted by Crippen LogP contribution is 2.39. The molecule has 1 N–H and O–H groups in total. The molecule has 7 nitrogen and oxygen atoms in total. The zero-order valence-electron chi connectivity index (χ0n) is 19.3. The number of imidazole rings is 1. The van der Waals surface area contributed by atoms with E-state index in [9.17, 15) is 22.0 Å². The highest BCUT2D eigenvalue weighted by atomic mass is 19.4. The van der Waals surface area contributed by atoms with E-state index >= 15 is 0 Å². The number of hydrogen-bond acceptors (Lipinski definition) is 6. The minimum Gasteiger partial charge on any atom is -0.486 e. The molecule has 188 valence electrons. The lowest BCUT2D eigenvalue weighted by Crippen LogP contribution is -2.44. The maximum absolute atomic E-state index is 14.7. The lowest BCUT2D eigenvalue weighted by atomic mass is 9.97. The molecule has 1 unspecified atom stereocenters. The predicted octanol–water partition coefficient (Wildman–Crippen LogP) is 5.58. The Morgan fingerprint density at radius 1 is 1.25 bits per heavy atom. The average Bonchev–Trinajstić information content (AvgIpc) is 3.23. The van der Waals surface area contributed by atoms with Crippen LogP contribution in [0.15, 0.2) is 73.1 Å². The number of hydrogen-bond donors (Lipinski definition) is 1. The molecule has 0 saturated heterocycles. The van der Waals surface area contributed by atoms with Gasteiger partial charge >= 0.3 is 6.18 Å². The predicted molar refractivity (Wildman–Crippen MR) is 125 cm³/mol. The van der Waals surface area contributed by atoms with Gasteiger partial charge in [0.15, 0.2) is 11.6 Å². The molecule has 36 heavy (non-hydrogen) atoms. The van der Waals surface area contributed by atoms with E-state index in [1.165, 1.54) is 30.5 Å². The number of aromatic nitrogens is 4. The molecule has 0 spiro atoms. The highest BCUT2D eigenvalue weighted by molar-refractivity contribution is 5.63. The largest absolute Gasteiger partial charge is 0.486 e. The number of alkyl halides is 3. The van der Waals surface area contributed by atoms with Crippen molar-refractivity contribution in [2.75, 3.05) is 23.9 Å². The summed E-state index contributed by atoms with van der Waals surface area (Å²) < 4.78 is 75.5. The molecular formula is C24H21F5N6O. The van der Waals surface area contributed by atoms with Gasteiger partial charge in [-0.05, 0) is 36.8 Å². The molecular weight excluding hydrogens is 483 g/mol. The van der Waals surface area contributed by atoms with Crippen LogP contribution in [0, 0.1) is 12.7 Å². The number of ether oxygens (including phenoxy) is 1. The van der Waals surface area contributed by atoms with Crippen LogP contribution in [-0.2, 0) is 0 Å². The number of fused-ring (bicyclic) bond motifs is 1. The van der Waals surface area contributed by atoms with E-state index in [4.69, 9.17) is 4.74 Å². The molecule has 0 saturated carbocycles. The summed E-state index contributed by atoms with van der Waals surface area (Å²) in [4.78, 5) is 13.9. The lowest BCUT2D eigenvalue weighted by molar-refractivity contribution is -0.0895. The number of anilines is 3. The molecule has 4 rings (SSSR count). The van der Waals surface area contributed by atoms with Crippen molar-refractivity contribution in [3.63, 3.8) is 0 Å². The lowest BCUT2D eigenvalue weighted by Gasteiger charge is -2.36.